The van der Waals surface area contributed by atoms with E-state index in [4.69, 9.17) is 10.8 Å². The lowest BCUT2D eigenvalue weighted by atomic mass is 10.3. The number of nitrogens with one attached hydrogen (secondary N) is 2. The zero-order valence-corrected chi connectivity index (χ0v) is 8.54. The van der Waals surface area contributed by atoms with Crippen LogP contribution in [0.1, 0.15) is 10.5 Å². The molecule has 0 saturated heterocycles. The van der Waals surface area contributed by atoms with Gasteiger partial charge < -0.3 is 21.1 Å². The summed E-state index contributed by atoms with van der Waals surface area (Å²) in [5.41, 5.74) is 4.46. The molecule has 9 nitrogen and oxygen atoms in total. The van der Waals surface area contributed by atoms with Gasteiger partial charge in [0.1, 0.15) is 11.8 Å². The second-order valence-corrected chi connectivity index (χ2v) is 3.16. The van der Waals surface area contributed by atoms with Gasteiger partial charge in [0.25, 0.3) is 11.6 Å². The minimum Gasteiger partial charge on any atom is -0.381 e. The Kier molecular flexibility index (Phi) is 3.78. The lowest BCUT2D eigenvalue weighted by Gasteiger charge is -2.06. The van der Waals surface area contributed by atoms with E-state index in [1.165, 1.54) is 0 Å². The van der Waals surface area contributed by atoms with E-state index in [1.807, 2.05) is 0 Å². The van der Waals surface area contributed by atoms with Crippen LogP contribution in [0.5, 0.6) is 0 Å². The van der Waals surface area contributed by atoms with Crippen LogP contribution in [0.3, 0.4) is 0 Å². The number of aromatic amines is 1. The summed E-state index contributed by atoms with van der Waals surface area (Å²) < 4.78 is 0. The number of carbonyl (C=O) groups excluding carboxylic acids is 2. The standard InChI is InChI=1S/C8H10N4O5/c9-7(14)6(13)3-11-8(15)5-1-4(2-10-5)12(16)17/h1-2,6,10,13H,3H2,(H2,9,14)(H,11,15). The molecule has 92 valence electrons. The van der Waals surface area contributed by atoms with Gasteiger partial charge in [-0.15, -0.1) is 0 Å². The molecule has 9 heteroatoms. The molecule has 0 aliphatic rings. The van der Waals surface area contributed by atoms with Gasteiger partial charge in [-0.1, -0.05) is 0 Å². The van der Waals surface area contributed by atoms with E-state index in [2.05, 4.69) is 10.3 Å². The van der Waals surface area contributed by atoms with Gasteiger partial charge in [-0.05, 0) is 0 Å². The first-order valence-electron chi connectivity index (χ1n) is 4.50. The van der Waals surface area contributed by atoms with Crippen molar-refractivity contribution in [2.24, 2.45) is 5.73 Å². The van der Waals surface area contributed by atoms with Gasteiger partial charge in [-0.2, -0.15) is 0 Å². The summed E-state index contributed by atoms with van der Waals surface area (Å²) in [7, 11) is 0. The number of primary amides is 1. The summed E-state index contributed by atoms with van der Waals surface area (Å²) in [4.78, 5) is 33.9. The van der Waals surface area contributed by atoms with E-state index in [-0.39, 0.29) is 17.9 Å². The number of amides is 2. The zero-order chi connectivity index (χ0) is 13.0. The maximum atomic E-state index is 11.4. The molecule has 0 aliphatic heterocycles. The summed E-state index contributed by atoms with van der Waals surface area (Å²) in [5.74, 6) is -1.65. The minimum absolute atomic E-state index is 0.0478. The van der Waals surface area contributed by atoms with E-state index in [0.717, 1.165) is 12.3 Å². The van der Waals surface area contributed by atoms with Gasteiger partial charge in [0.2, 0.25) is 5.91 Å². The number of rotatable bonds is 5. The lowest BCUT2D eigenvalue weighted by molar-refractivity contribution is -0.384. The first kappa shape index (κ1) is 12.6. The third-order valence-corrected chi connectivity index (χ3v) is 1.91. The van der Waals surface area contributed by atoms with Crippen molar-refractivity contribution in [1.29, 1.82) is 0 Å². The Bertz CT molecular complexity index is 455. The van der Waals surface area contributed by atoms with Crippen molar-refractivity contribution < 1.29 is 19.6 Å². The maximum absolute atomic E-state index is 11.4. The topological polar surface area (TPSA) is 151 Å². The van der Waals surface area contributed by atoms with Crippen molar-refractivity contribution in [1.82, 2.24) is 10.3 Å². The Hall–Kier alpha value is -2.42. The fraction of sp³-hybridized carbons (Fsp3) is 0.250. The number of nitro groups is 1. The van der Waals surface area contributed by atoms with E-state index in [1.54, 1.807) is 0 Å². The molecular formula is C8H10N4O5. The summed E-state index contributed by atoms with van der Waals surface area (Å²) in [6, 6.07) is 1.03. The molecule has 0 saturated carbocycles. The van der Waals surface area contributed by atoms with Gasteiger partial charge in [0.15, 0.2) is 0 Å². The Morgan fingerprint density at radius 3 is 2.76 bits per heavy atom. The SMILES string of the molecule is NC(=O)C(O)CNC(=O)c1cc([N+](=O)[O-])c[nH]1. The number of nitrogens with zero attached hydrogens (tertiary/aromatic N) is 1. The van der Waals surface area contributed by atoms with Crippen LogP contribution in [0.4, 0.5) is 5.69 Å². The number of carbonyl (C=O) groups is 2. The average Bonchev–Trinajstić information content (AvgIpc) is 2.74. The smallest absolute Gasteiger partial charge is 0.287 e. The monoisotopic (exact) mass is 242 g/mol. The highest BCUT2D eigenvalue weighted by Crippen LogP contribution is 2.11. The van der Waals surface area contributed by atoms with Crippen LogP contribution in [-0.2, 0) is 4.79 Å². The Labute approximate surface area is 94.8 Å². The van der Waals surface area contributed by atoms with Crippen LogP contribution in [-0.4, -0.2) is 39.5 Å². The van der Waals surface area contributed by atoms with Gasteiger partial charge in [-0.3, -0.25) is 19.7 Å². The molecule has 0 spiro atoms. The number of aliphatic hydroxyl groups excluding tert-OH is 1. The lowest BCUT2D eigenvalue weighted by Crippen LogP contribution is -2.40. The first-order chi connectivity index (χ1) is 7.91. The number of H-pyrrole nitrogens is 1. The Morgan fingerprint density at radius 2 is 2.29 bits per heavy atom. The van der Waals surface area contributed by atoms with Crippen molar-refractivity contribution in [2.45, 2.75) is 6.10 Å². The molecule has 1 unspecified atom stereocenters. The highest BCUT2D eigenvalue weighted by Gasteiger charge is 2.16. The molecule has 1 heterocycles. The molecule has 5 N–H and O–H groups in total. The highest BCUT2D eigenvalue weighted by molar-refractivity contribution is 5.93. The molecule has 1 aromatic rings. The third kappa shape index (κ3) is 3.28. The number of aromatic nitrogens is 1. The third-order valence-electron chi connectivity index (χ3n) is 1.91. The fourth-order valence-electron chi connectivity index (χ4n) is 1.00. The van der Waals surface area contributed by atoms with E-state index in [9.17, 15) is 19.7 Å². The first-order valence-corrected chi connectivity index (χ1v) is 4.50. The molecule has 1 rings (SSSR count). The normalized spacial score (nSPS) is 11.8. The van der Waals surface area contributed by atoms with E-state index >= 15 is 0 Å². The summed E-state index contributed by atoms with van der Waals surface area (Å²) in [6.07, 6.45) is -0.441. The summed E-state index contributed by atoms with van der Waals surface area (Å²) in [6.45, 7) is -0.360. The molecule has 0 radical (unpaired) electrons. The van der Waals surface area contributed by atoms with E-state index in [0.29, 0.717) is 0 Å². The van der Waals surface area contributed by atoms with Crippen molar-refractivity contribution in [3.8, 4) is 0 Å². The van der Waals surface area contributed by atoms with E-state index < -0.39 is 22.8 Å². The highest BCUT2D eigenvalue weighted by atomic mass is 16.6. The van der Waals surface area contributed by atoms with Crippen LogP contribution < -0.4 is 11.1 Å². The molecule has 0 bridgehead atoms. The van der Waals surface area contributed by atoms with Gasteiger partial charge in [0.05, 0.1) is 17.7 Å². The average molecular weight is 242 g/mol. The largest absolute Gasteiger partial charge is 0.381 e. The van der Waals surface area contributed by atoms with Crippen molar-refractivity contribution in [2.75, 3.05) is 6.54 Å². The minimum atomic E-state index is -1.50. The molecular weight excluding hydrogens is 232 g/mol. The van der Waals surface area contributed by atoms with Crippen LogP contribution in [0.25, 0.3) is 0 Å². The van der Waals surface area contributed by atoms with Crippen LogP contribution in [0.2, 0.25) is 0 Å². The van der Waals surface area contributed by atoms with Crippen LogP contribution in [0.15, 0.2) is 12.3 Å². The molecule has 1 aromatic heterocycles. The maximum Gasteiger partial charge on any atom is 0.287 e. The van der Waals surface area contributed by atoms with Crippen molar-refractivity contribution in [3.05, 3.63) is 28.1 Å². The van der Waals surface area contributed by atoms with Gasteiger partial charge in [0, 0.05) is 6.07 Å². The molecule has 0 aromatic carbocycles. The number of aliphatic hydroxyl groups is 1. The second-order valence-electron chi connectivity index (χ2n) is 3.16. The van der Waals surface area contributed by atoms with Gasteiger partial charge in [-0.25, -0.2) is 0 Å². The predicted molar refractivity (Wildman–Crippen MR) is 55.0 cm³/mol. The zero-order valence-electron chi connectivity index (χ0n) is 8.54. The van der Waals surface area contributed by atoms with Crippen LogP contribution in [0, 0.1) is 10.1 Å². The molecule has 1 atom stereocenters. The van der Waals surface area contributed by atoms with Gasteiger partial charge >= 0.3 is 0 Å². The summed E-state index contributed by atoms with van der Waals surface area (Å²) >= 11 is 0. The summed E-state index contributed by atoms with van der Waals surface area (Å²) in [5, 5.41) is 21.5. The molecule has 17 heavy (non-hydrogen) atoms. The predicted octanol–water partition coefficient (Wildman–Crippen LogP) is -1.50. The number of hydrogen-bond donors (Lipinski definition) is 4. The molecule has 0 aliphatic carbocycles. The Morgan fingerprint density at radius 1 is 1.65 bits per heavy atom. The molecule has 2 amide bonds. The fourth-order valence-corrected chi connectivity index (χ4v) is 1.00. The quantitative estimate of drug-likeness (QED) is 0.365. The van der Waals surface area contributed by atoms with Crippen molar-refractivity contribution in [3.63, 3.8) is 0 Å². The second kappa shape index (κ2) is 5.07. The molecule has 0 fully saturated rings. The van der Waals surface area contributed by atoms with Crippen molar-refractivity contribution >= 4 is 17.5 Å². The Balaban J connectivity index is 2.58. The van der Waals surface area contributed by atoms with Crippen LogP contribution >= 0.6 is 0 Å². The number of nitrogens with two attached hydrogens (primary N) is 1. The number of hydrogen-bond acceptors (Lipinski definition) is 5.